The molecule has 1 aromatic rings. The van der Waals surface area contributed by atoms with Crippen molar-refractivity contribution in [2.24, 2.45) is 0 Å². The van der Waals surface area contributed by atoms with Crippen molar-refractivity contribution >= 4 is 44.2 Å². The van der Waals surface area contributed by atoms with Gasteiger partial charge in [0.2, 0.25) is 5.91 Å². The van der Waals surface area contributed by atoms with Gasteiger partial charge in [-0.1, -0.05) is 0 Å². The van der Waals surface area contributed by atoms with Crippen LogP contribution in [0.5, 0.6) is 0 Å². The van der Waals surface area contributed by atoms with Crippen LogP contribution in [0.25, 0.3) is 0 Å². The van der Waals surface area contributed by atoms with Crippen LogP contribution in [0.2, 0.25) is 0 Å². The van der Waals surface area contributed by atoms with Gasteiger partial charge in [0.05, 0.1) is 18.1 Å². The molecular weight excluding hydrogens is 407 g/mol. The molecule has 2 N–H and O–H groups in total. The summed E-state index contributed by atoms with van der Waals surface area (Å²) >= 11 is 2.14. The maximum Gasteiger partial charge on any atom is 0.251 e. The fourth-order valence-corrected chi connectivity index (χ4v) is 4.08. The number of nitrogens with one attached hydrogen (secondary N) is 2. The van der Waals surface area contributed by atoms with Crippen molar-refractivity contribution in [1.82, 2.24) is 10.6 Å². The molecule has 0 aliphatic carbocycles. The molecule has 1 heterocycles. The first-order valence-electron chi connectivity index (χ1n) is 6.39. The normalized spacial score (nSPS) is 20.0. The molecule has 8 heteroatoms. The molecule has 0 radical (unpaired) electrons. The summed E-state index contributed by atoms with van der Waals surface area (Å²) in [5, 5.41) is 5.13. The molecule has 1 atom stereocenters. The first kappa shape index (κ1) is 16.2. The second-order valence-corrected chi connectivity index (χ2v) is 8.33. The van der Waals surface area contributed by atoms with E-state index in [1.54, 1.807) is 24.3 Å². The summed E-state index contributed by atoms with van der Waals surface area (Å²) in [7, 11) is -3.02. The lowest BCUT2D eigenvalue weighted by atomic mass is 10.2. The van der Waals surface area contributed by atoms with E-state index in [-0.39, 0.29) is 35.9 Å². The molecule has 1 fully saturated rings. The van der Waals surface area contributed by atoms with Crippen LogP contribution in [0.4, 0.5) is 0 Å². The number of sulfone groups is 1. The van der Waals surface area contributed by atoms with E-state index in [1.165, 1.54) is 0 Å². The van der Waals surface area contributed by atoms with Crippen molar-refractivity contribution in [3.63, 3.8) is 0 Å². The molecule has 1 saturated heterocycles. The van der Waals surface area contributed by atoms with Gasteiger partial charge < -0.3 is 10.6 Å². The van der Waals surface area contributed by atoms with E-state index in [0.29, 0.717) is 12.0 Å². The summed E-state index contributed by atoms with van der Waals surface area (Å²) < 4.78 is 23.6. The second-order valence-electron chi connectivity index (χ2n) is 4.86. The van der Waals surface area contributed by atoms with Crippen LogP contribution in [-0.2, 0) is 14.6 Å². The zero-order chi connectivity index (χ0) is 15.5. The third-order valence-corrected chi connectivity index (χ3v) is 5.60. The molecule has 0 unspecified atom stereocenters. The number of carbonyl (C=O) groups is 2. The minimum absolute atomic E-state index is 0.0240. The Hall–Kier alpha value is -1.16. The third kappa shape index (κ3) is 4.95. The zero-order valence-corrected chi connectivity index (χ0v) is 14.1. The fourth-order valence-electron chi connectivity index (χ4n) is 2.05. The Balaban J connectivity index is 1.79. The zero-order valence-electron chi connectivity index (χ0n) is 11.1. The molecule has 2 amide bonds. The summed E-state index contributed by atoms with van der Waals surface area (Å²) in [4.78, 5) is 23.5. The summed E-state index contributed by atoms with van der Waals surface area (Å²) in [6.45, 7) is -0.165. The number of hydrogen-bond donors (Lipinski definition) is 2. The van der Waals surface area contributed by atoms with E-state index in [1.807, 2.05) is 0 Å². The highest BCUT2D eigenvalue weighted by molar-refractivity contribution is 14.1. The van der Waals surface area contributed by atoms with Crippen molar-refractivity contribution in [2.75, 3.05) is 18.1 Å². The lowest BCUT2D eigenvalue weighted by molar-refractivity contribution is -0.120. The van der Waals surface area contributed by atoms with Crippen molar-refractivity contribution in [1.29, 1.82) is 0 Å². The van der Waals surface area contributed by atoms with E-state index >= 15 is 0 Å². The fraction of sp³-hybridized carbons (Fsp3) is 0.385. The van der Waals surface area contributed by atoms with Crippen molar-refractivity contribution in [3.8, 4) is 0 Å². The first-order chi connectivity index (χ1) is 9.85. The number of carbonyl (C=O) groups excluding carboxylic acids is 2. The molecule has 0 bridgehead atoms. The van der Waals surface area contributed by atoms with Crippen molar-refractivity contribution < 1.29 is 18.0 Å². The SMILES string of the molecule is O=C(CNC(=O)c1ccc(I)cc1)N[C@@H]1CCS(=O)(=O)C1. The lowest BCUT2D eigenvalue weighted by Gasteiger charge is -2.11. The predicted octanol–water partition coefficient (Wildman–Crippen LogP) is 0.324. The van der Waals surface area contributed by atoms with Gasteiger partial charge in [-0.3, -0.25) is 9.59 Å². The van der Waals surface area contributed by atoms with Gasteiger partial charge >= 0.3 is 0 Å². The van der Waals surface area contributed by atoms with Crippen LogP contribution in [0.3, 0.4) is 0 Å². The minimum atomic E-state index is -3.02. The highest BCUT2D eigenvalue weighted by Crippen LogP contribution is 2.11. The minimum Gasteiger partial charge on any atom is -0.351 e. The van der Waals surface area contributed by atoms with Crippen LogP contribution >= 0.6 is 22.6 Å². The van der Waals surface area contributed by atoms with Crippen molar-refractivity contribution in [3.05, 3.63) is 33.4 Å². The molecule has 114 valence electrons. The maximum absolute atomic E-state index is 11.8. The van der Waals surface area contributed by atoms with Gasteiger partial charge in [0.25, 0.3) is 5.91 Å². The Labute approximate surface area is 136 Å². The highest BCUT2D eigenvalue weighted by Gasteiger charge is 2.28. The average Bonchev–Trinajstić information content (AvgIpc) is 2.76. The summed E-state index contributed by atoms with van der Waals surface area (Å²) in [5.41, 5.74) is 0.478. The van der Waals surface area contributed by atoms with Gasteiger partial charge in [-0.25, -0.2) is 8.42 Å². The predicted molar refractivity (Wildman–Crippen MR) is 86.7 cm³/mol. The van der Waals surface area contributed by atoms with Gasteiger partial charge in [-0.15, -0.1) is 0 Å². The van der Waals surface area contributed by atoms with Crippen LogP contribution in [0, 0.1) is 3.57 Å². The average molecular weight is 422 g/mol. The molecule has 0 aromatic heterocycles. The van der Waals surface area contributed by atoms with E-state index in [4.69, 9.17) is 0 Å². The Kier molecular flexibility index (Phi) is 5.20. The van der Waals surface area contributed by atoms with Crippen molar-refractivity contribution in [2.45, 2.75) is 12.5 Å². The smallest absolute Gasteiger partial charge is 0.251 e. The van der Waals surface area contributed by atoms with Crippen LogP contribution < -0.4 is 10.6 Å². The molecule has 0 saturated carbocycles. The second kappa shape index (κ2) is 6.73. The topological polar surface area (TPSA) is 92.3 Å². The Morgan fingerprint density at radius 1 is 1.24 bits per heavy atom. The van der Waals surface area contributed by atoms with E-state index in [0.717, 1.165) is 3.57 Å². The quantitative estimate of drug-likeness (QED) is 0.684. The Morgan fingerprint density at radius 2 is 1.90 bits per heavy atom. The first-order valence-corrected chi connectivity index (χ1v) is 9.29. The Morgan fingerprint density at radius 3 is 2.48 bits per heavy atom. The lowest BCUT2D eigenvalue weighted by Crippen LogP contribution is -2.42. The highest BCUT2D eigenvalue weighted by atomic mass is 127. The molecule has 1 aromatic carbocycles. The number of benzene rings is 1. The standard InChI is InChI=1S/C13H15IN2O4S/c14-10-3-1-9(2-4-10)13(18)15-7-12(17)16-11-5-6-21(19,20)8-11/h1-4,11H,5-8H2,(H,15,18)(H,16,17)/t11-/m1/s1. The van der Waals surface area contributed by atoms with Crippen LogP contribution in [0.1, 0.15) is 16.8 Å². The molecular formula is C13H15IN2O4S. The van der Waals surface area contributed by atoms with Gasteiger partial charge in [-0.05, 0) is 53.3 Å². The summed E-state index contributed by atoms with van der Waals surface area (Å²) in [5.74, 6) is -0.631. The molecule has 1 aliphatic rings. The number of halogens is 1. The maximum atomic E-state index is 11.8. The molecule has 0 spiro atoms. The third-order valence-electron chi connectivity index (χ3n) is 3.11. The van der Waals surface area contributed by atoms with E-state index in [2.05, 4.69) is 33.2 Å². The summed E-state index contributed by atoms with van der Waals surface area (Å²) in [6, 6.07) is 6.62. The van der Waals surface area contributed by atoms with Crippen LogP contribution in [0.15, 0.2) is 24.3 Å². The number of amides is 2. The van der Waals surface area contributed by atoms with Gasteiger partial charge in [0, 0.05) is 15.2 Å². The monoisotopic (exact) mass is 422 g/mol. The van der Waals surface area contributed by atoms with E-state index < -0.39 is 9.84 Å². The van der Waals surface area contributed by atoms with Gasteiger partial charge in [-0.2, -0.15) is 0 Å². The molecule has 6 nitrogen and oxygen atoms in total. The molecule has 2 rings (SSSR count). The summed E-state index contributed by atoms with van der Waals surface area (Å²) in [6.07, 6.45) is 0.430. The largest absolute Gasteiger partial charge is 0.351 e. The number of rotatable bonds is 4. The van der Waals surface area contributed by atoms with Crippen LogP contribution in [-0.4, -0.2) is 44.3 Å². The molecule has 21 heavy (non-hydrogen) atoms. The Bertz CT molecular complexity index is 643. The van der Waals surface area contributed by atoms with E-state index in [9.17, 15) is 18.0 Å². The molecule has 1 aliphatic heterocycles. The van der Waals surface area contributed by atoms with Gasteiger partial charge in [0.1, 0.15) is 0 Å². The number of hydrogen-bond acceptors (Lipinski definition) is 4. The van der Waals surface area contributed by atoms with Gasteiger partial charge in [0.15, 0.2) is 9.84 Å².